The Morgan fingerprint density at radius 2 is 1.90 bits per heavy atom. The van der Waals surface area contributed by atoms with E-state index >= 15 is 0 Å². The number of nitrogens with one attached hydrogen (secondary N) is 1. The maximum Gasteiger partial charge on any atom is 0.337 e. The number of halogens is 2. The number of hydrogen-bond acceptors (Lipinski definition) is 3. The maximum atomic E-state index is 13.7. The molecule has 0 aromatic heterocycles. The predicted molar refractivity (Wildman–Crippen MR) is 76.2 cm³/mol. The summed E-state index contributed by atoms with van der Waals surface area (Å²) < 4.78 is 31.6. The molecule has 2 aromatic rings. The van der Waals surface area contributed by atoms with Gasteiger partial charge in [0.05, 0.1) is 18.7 Å². The lowest BCUT2D eigenvalue weighted by atomic mass is 10.1. The second-order valence-electron chi connectivity index (χ2n) is 4.58. The number of esters is 1. The lowest BCUT2D eigenvalue weighted by Gasteiger charge is -2.17. The van der Waals surface area contributed by atoms with Crippen LogP contribution < -0.4 is 5.32 Å². The number of carbonyl (C=O) groups excluding carboxylic acids is 1. The van der Waals surface area contributed by atoms with Crippen LogP contribution in [0, 0.1) is 11.6 Å². The average Bonchev–Trinajstić information content (AvgIpc) is 2.49. The molecule has 2 rings (SSSR count). The number of hydrogen-bond donors (Lipinski definition) is 1. The van der Waals surface area contributed by atoms with Crippen molar-refractivity contribution < 1.29 is 18.3 Å². The smallest absolute Gasteiger partial charge is 0.337 e. The Bertz CT molecular complexity index is 658. The molecule has 0 bridgehead atoms. The lowest BCUT2D eigenvalue weighted by molar-refractivity contribution is 0.0601. The molecule has 21 heavy (non-hydrogen) atoms. The molecule has 0 saturated heterocycles. The van der Waals surface area contributed by atoms with Gasteiger partial charge in [0, 0.05) is 11.3 Å². The third kappa shape index (κ3) is 3.37. The van der Waals surface area contributed by atoms with Gasteiger partial charge in [-0.1, -0.05) is 18.2 Å². The molecule has 1 N–H and O–H groups in total. The summed E-state index contributed by atoms with van der Waals surface area (Å²) >= 11 is 0. The molecule has 1 unspecified atom stereocenters. The standard InChI is InChI=1S/C16H15F2NO2/c1-10(13-7-4-8-14(17)15(13)18)19-12-6-3-5-11(9-12)16(20)21-2/h3-10,19H,1-2H3. The van der Waals surface area contributed by atoms with Crippen molar-refractivity contribution in [3.63, 3.8) is 0 Å². The van der Waals surface area contributed by atoms with Crippen molar-refractivity contribution in [3.8, 4) is 0 Å². The molecule has 2 aromatic carbocycles. The number of rotatable bonds is 4. The van der Waals surface area contributed by atoms with E-state index < -0.39 is 23.6 Å². The Morgan fingerprint density at radius 1 is 1.19 bits per heavy atom. The molecule has 0 aliphatic rings. The zero-order valence-electron chi connectivity index (χ0n) is 11.7. The van der Waals surface area contributed by atoms with E-state index in [1.807, 2.05) is 0 Å². The third-order valence-corrected chi connectivity index (χ3v) is 3.11. The minimum Gasteiger partial charge on any atom is -0.465 e. The average molecular weight is 291 g/mol. The van der Waals surface area contributed by atoms with E-state index in [-0.39, 0.29) is 5.56 Å². The highest BCUT2D eigenvalue weighted by Crippen LogP contribution is 2.23. The van der Waals surface area contributed by atoms with Crippen molar-refractivity contribution in [1.82, 2.24) is 0 Å². The van der Waals surface area contributed by atoms with E-state index in [1.165, 1.54) is 19.2 Å². The van der Waals surface area contributed by atoms with Crippen LogP contribution in [0.3, 0.4) is 0 Å². The fourth-order valence-corrected chi connectivity index (χ4v) is 2.04. The van der Waals surface area contributed by atoms with E-state index in [1.54, 1.807) is 31.2 Å². The van der Waals surface area contributed by atoms with Crippen LogP contribution in [0.4, 0.5) is 14.5 Å². The van der Waals surface area contributed by atoms with Gasteiger partial charge >= 0.3 is 5.97 Å². The monoisotopic (exact) mass is 291 g/mol. The van der Waals surface area contributed by atoms with Crippen molar-refractivity contribution >= 4 is 11.7 Å². The number of benzene rings is 2. The Balaban J connectivity index is 2.21. The number of methoxy groups -OCH3 is 1. The predicted octanol–water partition coefficient (Wildman–Crippen LogP) is 3.92. The third-order valence-electron chi connectivity index (χ3n) is 3.11. The zero-order valence-corrected chi connectivity index (χ0v) is 11.7. The molecule has 0 aliphatic heterocycles. The summed E-state index contributed by atoms with van der Waals surface area (Å²) in [6, 6.07) is 10.2. The van der Waals surface area contributed by atoms with Crippen LogP contribution in [0.2, 0.25) is 0 Å². The summed E-state index contributed by atoms with van der Waals surface area (Å²) in [5.41, 5.74) is 1.22. The van der Waals surface area contributed by atoms with Crippen molar-refractivity contribution in [2.24, 2.45) is 0 Å². The van der Waals surface area contributed by atoms with Crippen molar-refractivity contribution in [1.29, 1.82) is 0 Å². The first kappa shape index (κ1) is 15.0. The first-order valence-corrected chi connectivity index (χ1v) is 6.41. The van der Waals surface area contributed by atoms with Crippen molar-refractivity contribution in [2.45, 2.75) is 13.0 Å². The molecule has 1 atom stereocenters. The van der Waals surface area contributed by atoms with Gasteiger partial charge in [0.1, 0.15) is 0 Å². The number of anilines is 1. The quantitative estimate of drug-likeness (QED) is 0.868. The minimum absolute atomic E-state index is 0.221. The normalized spacial score (nSPS) is 11.8. The minimum atomic E-state index is -0.885. The summed E-state index contributed by atoms with van der Waals surface area (Å²) in [5.74, 6) is -2.21. The van der Waals surface area contributed by atoms with E-state index in [9.17, 15) is 13.6 Å². The second kappa shape index (κ2) is 6.35. The summed E-state index contributed by atoms with van der Waals surface area (Å²) in [4.78, 5) is 11.5. The van der Waals surface area contributed by atoms with Gasteiger partial charge in [0.2, 0.25) is 0 Å². The topological polar surface area (TPSA) is 38.3 Å². The lowest BCUT2D eigenvalue weighted by Crippen LogP contribution is -2.10. The largest absolute Gasteiger partial charge is 0.465 e. The van der Waals surface area contributed by atoms with Gasteiger partial charge in [-0.3, -0.25) is 0 Å². The van der Waals surface area contributed by atoms with Gasteiger partial charge in [0.25, 0.3) is 0 Å². The van der Waals surface area contributed by atoms with Gasteiger partial charge in [-0.05, 0) is 31.2 Å². The molecule has 0 spiro atoms. The van der Waals surface area contributed by atoms with Crippen LogP contribution in [0.25, 0.3) is 0 Å². The van der Waals surface area contributed by atoms with E-state index in [0.29, 0.717) is 11.3 Å². The molecule has 3 nitrogen and oxygen atoms in total. The highest BCUT2D eigenvalue weighted by molar-refractivity contribution is 5.90. The maximum absolute atomic E-state index is 13.7. The molecule has 0 aliphatic carbocycles. The van der Waals surface area contributed by atoms with Crippen LogP contribution in [0.15, 0.2) is 42.5 Å². The Labute approximate surface area is 121 Å². The second-order valence-corrected chi connectivity index (χ2v) is 4.58. The number of ether oxygens (including phenoxy) is 1. The molecule has 110 valence electrons. The van der Waals surface area contributed by atoms with Crippen LogP contribution in [0.5, 0.6) is 0 Å². The highest BCUT2D eigenvalue weighted by atomic mass is 19.2. The van der Waals surface area contributed by atoms with Gasteiger partial charge in [-0.15, -0.1) is 0 Å². The first-order chi connectivity index (χ1) is 10.0. The summed E-state index contributed by atoms with van der Waals surface area (Å²) in [7, 11) is 1.30. The van der Waals surface area contributed by atoms with E-state index in [0.717, 1.165) is 6.07 Å². The van der Waals surface area contributed by atoms with E-state index in [2.05, 4.69) is 10.1 Å². The molecule has 0 amide bonds. The molecule has 0 fully saturated rings. The van der Waals surface area contributed by atoms with Crippen LogP contribution in [0.1, 0.15) is 28.9 Å². The van der Waals surface area contributed by atoms with Crippen molar-refractivity contribution in [3.05, 3.63) is 65.2 Å². The number of carbonyl (C=O) groups is 1. The van der Waals surface area contributed by atoms with E-state index in [4.69, 9.17) is 0 Å². The Morgan fingerprint density at radius 3 is 2.62 bits per heavy atom. The van der Waals surface area contributed by atoms with Gasteiger partial charge < -0.3 is 10.1 Å². The Hall–Kier alpha value is -2.43. The zero-order chi connectivity index (χ0) is 15.4. The van der Waals surface area contributed by atoms with Gasteiger partial charge in [-0.25, -0.2) is 13.6 Å². The molecule has 0 radical (unpaired) electrons. The Kier molecular flexibility index (Phi) is 4.52. The van der Waals surface area contributed by atoms with Crippen LogP contribution in [-0.2, 0) is 4.74 Å². The van der Waals surface area contributed by atoms with Crippen molar-refractivity contribution in [2.75, 3.05) is 12.4 Å². The fourth-order valence-electron chi connectivity index (χ4n) is 2.04. The highest BCUT2D eigenvalue weighted by Gasteiger charge is 2.14. The molecule has 0 saturated carbocycles. The molecule has 0 heterocycles. The van der Waals surface area contributed by atoms with Gasteiger partial charge in [0.15, 0.2) is 11.6 Å². The van der Waals surface area contributed by atoms with Crippen LogP contribution >= 0.6 is 0 Å². The van der Waals surface area contributed by atoms with Gasteiger partial charge in [-0.2, -0.15) is 0 Å². The SMILES string of the molecule is COC(=O)c1cccc(NC(C)c2cccc(F)c2F)c1. The van der Waals surface area contributed by atoms with Crippen LogP contribution in [-0.4, -0.2) is 13.1 Å². The molecular formula is C16H15F2NO2. The molecular weight excluding hydrogens is 276 g/mol. The summed E-state index contributed by atoms with van der Waals surface area (Å²) in [6.45, 7) is 1.71. The first-order valence-electron chi connectivity index (χ1n) is 6.41. The summed E-state index contributed by atoms with van der Waals surface area (Å²) in [6.07, 6.45) is 0. The fraction of sp³-hybridized carbons (Fsp3) is 0.188. The molecule has 5 heteroatoms. The summed E-state index contributed by atoms with van der Waals surface area (Å²) in [5, 5.41) is 3.03.